The monoisotopic (exact) mass is 728 g/mol. The molecule has 3 aromatic heterocycles. The molecule has 0 amide bonds. The van der Waals surface area contributed by atoms with Gasteiger partial charge in [-0.25, -0.2) is 9.97 Å². The molecule has 2 nitrogen and oxygen atoms in total. The quantitative estimate of drug-likeness (QED) is 0.169. The molecule has 0 radical (unpaired) electrons. The van der Waals surface area contributed by atoms with Crippen LogP contribution in [-0.4, -0.2) is 18.0 Å². The molecule has 250 valence electrons. The third-order valence-electron chi connectivity index (χ3n) is 11.1. The van der Waals surface area contributed by atoms with Crippen LogP contribution in [0.5, 0.6) is 0 Å². The summed E-state index contributed by atoms with van der Waals surface area (Å²) < 4.78 is 5.27. The summed E-state index contributed by atoms with van der Waals surface area (Å²) in [5.41, 5.74) is 10.5. The fourth-order valence-corrected chi connectivity index (χ4v) is 13.9. The molecule has 7 aromatic carbocycles. The van der Waals surface area contributed by atoms with Gasteiger partial charge in [-0.1, -0.05) is 147 Å². The third-order valence-corrected chi connectivity index (χ3v) is 16.8. The van der Waals surface area contributed by atoms with Gasteiger partial charge in [-0.15, -0.1) is 22.7 Å². The Bertz CT molecular complexity index is 3120. The Labute approximate surface area is 316 Å². The first-order valence-electron chi connectivity index (χ1n) is 18.1. The number of thiophene rings is 2. The van der Waals surface area contributed by atoms with Crippen molar-refractivity contribution in [2.24, 2.45) is 0 Å². The maximum Gasteiger partial charge on any atom is 0.159 e. The van der Waals surface area contributed by atoms with Crippen LogP contribution >= 0.6 is 22.7 Å². The van der Waals surface area contributed by atoms with E-state index in [2.05, 4.69) is 171 Å². The molecule has 0 fully saturated rings. The van der Waals surface area contributed by atoms with Crippen molar-refractivity contribution < 1.29 is 0 Å². The van der Waals surface area contributed by atoms with Gasteiger partial charge in [0.1, 0.15) is 8.07 Å². The molecule has 53 heavy (non-hydrogen) atoms. The number of aromatic nitrogens is 2. The molecule has 0 atom stereocenters. The zero-order valence-electron chi connectivity index (χ0n) is 29.2. The normalized spacial score (nSPS) is 13.2. The Morgan fingerprint density at radius 1 is 0.434 bits per heavy atom. The van der Waals surface area contributed by atoms with Crippen molar-refractivity contribution in [1.29, 1.82) is 0 Å². The van der Waals surface area contributed by atoms with E-state index >= 15 is 0 Å². The van der Waals surface area contributed by atoms with E-state index in [4.69, 9.17) is 9.97 Å². The maximum atomic E-state index is 5.53. The van der Waals surface area contributed by atoms with Crippen molar-refractivity contribution in [3.05, 3.63) is 158 Å². The lowest BCUT2D eigenvalue weighted by atomic mass is 9.96. The van der Waals surface area contributed by atoms with Crippen molar-refractivity contribution >= 4 is 81.6 Å². The second-order valence-electron chi connectivity index (χ2n) is 14.5. The molecular weight excluding hydrogens is 697 g/mol. The Hall–Kier alpha value is -5.72. The van der Waals surface area contributed by atoms with E-state index in [1.54, 1.807) is 0 Å². The molecule has 0 saturated heterocycles. The van der Waals surface area contributed by atoms with Gasteiger partial charge in [0.15, 0.2) is 5.82 Å². The summed E-state index contributed by atoms with van der Waals surface area (Å²) in [7, 11) is -2.12. The van der Waals surface area contributed by atoms with Gasteiger partial charge in [0.05, 0.1) is 5.69 Å². The van der Waals surface area contributed by atoms with Crippen LogP contribution in [0.25, 0.3) is 96.4 Å². The number of fused-ring (bicyclic) bond motifs is 9. The molecule has 0 unspecified atom stereocenters. The lowest BCUT2D eigenvalue weighted by Gasteiger charge is -2.19. The summed E-state index contributed by atoms with van der Waals surface area (Å²) in [6, 6.07) is 57.7. The van der Waals surface area contributed by atoms with Gasteiger partial charge in [-0.05, 0) is 57.3 Å². The molecule has 0 aliphatic carbocycles. The number of nitrogens with zero attached hydrogens (tertiary/aromatic N) is 2. The SMILES string of the molecule is C[Si]1(C)c2ccccc2-c2c(-c3cccc(-c4cccc5c4sc4ccccc45)c3)nc(-c3cccc(-c4cccc5c4sc4ccccc45)c3)nc21. The topological polar surface area (TPSA) is 25.8 Å². The smallest absolute Gasteiger partial charge is 0.159 e. The highest BCUT2D eigenvalue weighted by molar-refractivity contribution is 7.26. The molecule has 11 rings (SSSR count). The fraction of sp³-hybridized carbons (Fsp3) is 0.0417. The van der Waals surface area contributed by atoms with Crippen molar-refractivity contribution in [1.82, 2.24) is 9.97 Å². The Balaban J connectivity index is 1.11. The van der Waals surface area contributed by atoms with Gasteiger partial charge >= 0.3 is 0 Å². The van der Waals surface area contributed by atoms with Crippen LogP contribution in [-0.2, 0) is 0 Å². The molecule has 0 spiro atoms. The van der Waals surface area contributed by atoms with Crippen LogP contribution in [0.15, 0.2) is 158 Å². The van der Waals surface area contributed by atoms with Crippen LogP contribution in [0.3, 0.4) is 0 Å². The molecule has 1 aliphatic rings. The lowest BCUT2D eigenvalue weighted by molar-refractivity contribution is 1.21. The minimum atomic E-state index is -2.12. The summed E-state index contributed by atoms with van der Waals surface area (Å²) in [4.78, 5) is 11.0. The zero-order valence-corrected chi connectivity index (χ0v) is 31.9. The van der Waals surface area contributed by atoms with E-state index in [9.17, 15) is 0 Å². The van der Waals surface area contributed by atoms with Crippen LogP contribution in [0.4, 0.5) is 0 Å². The third kappa shape index (κ3) is 4.68. The Morgan fingerprint density at radius 2 is 0.925 bits per heavy atom. The van der Waals surface area contributed by atoms with Gasteiger partial charge in [0.2, 0.25) is 0 Å². The molecule has 4 heterocycles. The zero-order chi connectivity index (χ0) is 35.3. The van der Waals surface area contributed by atoms with Gasteiger partial charge in [-0.2, -0.15) is 0 Å². The van der Waals surface area contributed by atoms with Crippen molar-refractivity contribution in [3.63, 3.8) is 0 Å². The van der Waals surface area contributed by atoms with E-state index in [0.29, 0.717) is 0 Å². The van der Waals surface area contributed by atoms with Crippen LogP contribution in [0.1, 0.15) is 0 Å². The van der Waals surface area contributed by atoms with Crippen molar-refractivity contribution in [2.45, 2.75) is 13.1 Å². The fourth-order valence-electron chi connectivity index (χ4n) is 8.49. The van der Waals surface area contributed by atoms with E-state index in [1.807, 2.05) is 22.7 Å². The summed E-state index contributed by atoms with van der Waals surface area (Å²) >= 11 is 3.75. The molecule has 0 bridgehead atoms. The molecular formula is C48H32N2S2Si. The summed E-state index contributed by atoms with van der Waals surface area (Å²) in [5.74, 6) is 0.787. The Morgan fingerprint density at radius 3 is 1.58 bits per heavy atom. The largest absolute Gasteiger partial charge is 0.237 e. The number of benzene rings is 7. The highest BCUT2D eigenvalue weighted by Gasteiger charge is 2.41. The maximum absolute atomic E-state index is 5.53. The van der Waals surface area contributed by atoms with Gasteiger partial charge in [0.25, 0.3) is 0 Å². The lowest BCUT2D eigenvalue weighted by Crippen LogP contribution is -2.50. The van der Waals surface area contributed by atoms with Gasteiger partial charge in [0, 0.05) is 62.4 Å². The van der Waals surface area contributed by atoms with Gasteiger partial charge in [-0.3, -0.25) is 0 Å². The van der Waals surface area contributed by atoms with E-state index in [0.717, 1.165) is 22.6 Å². The van der Waals surface area contributed by atoms with Crippen LogP contribution < -0.4 is 10.5 Å². The molecule has 0 N–H and O–H groups in total. The number of hydrogen-bond acceptors (Lipinski definition) is 4. The average molecular weight is 729 g/mol. The molecule has 5 heteroatoms. The van der Waals surface area contributed by atoms with E-state index in [1.165, 1.54) is 84.2 Å². The first-order valence-corrected chi connectivity index (χ1v) is 22.7. The van der Waals surface area contributed by atoms with Crippen LogP contribution in [0.2, 0.25) is 13.1 Å². The van der Waals surface area contributed by atoms with Crippen molar-refractivity contribution in [2.75, 3.05) is 0 Å². The Kier molecular flexibility index (Phi) is 6.78. The van der Waals surface area contributed by atoms with Crippen LogP contribution in [0, 0.1) is 0 Å². The molecule has 1 aliphatic heterocycles. The summed E-state index contributed by atoms with van der Waals surface area (Å²) in [5, 5.41) is 7.90. The first kappa shape index (κ1) is 30.9. The predicted molar refractivity (Wildman–Crippen MR) is 232 cm³/mol. The van der Waals surface area contributed by atoms with Gasteiger partial charge < -0.3 is 0 Å². The second kappa shape index (κ2) is 11.6. The van der Waals surface area contributed by atoms with E-state index < -0.39 is 8.07 Å². The number of hydrogen-bond donors (Lipinski definition) is 0. The summed E-state index contributed by atoms with van der Waals surface area (Å²) in [6.07, 6.45) is 0. The minimum Gasteiger partial charge on any atom is -0.237 e. The van der Waals surface area contributed by atoms with Crippen molar-refractivity contribution in [3.8, 4) is 56.0 Å². The minimum absolute atomic E-state index is 0.787. The van der Waals surface area contributed by atoms with E-state index in [-0.39, 0.29) is 0 Å². The summed E-state index contributed by atoms with van der Waals surface area (Å²) in [6.45, 7) is 4.88. The standard InChI is InChI=1S/C48H32N2S2Si/c1-53(2)42-26-8-5-19-39(42)43-44(31-15-9-13-29(27-31)33-20-11-22-37-35-17-3-6-24-40(35)51-45(33)37)49-47(50-48(43)53)32-16-10-14-30(28-32)34-21-12-23-38-36-18-4-7-25-41(36)52-46(34)38/h3-28H,1-2H3. The average Bonchev–Trinajstić information content (AvgIpc) is 3.86. The molecule has 10 aromatic rings. The highest BCUT2D eigenvalue weighted by Crippen LogP contribution is 2.43. The predicted octanol–water partition coefficient (Wildman–Crippen LogP) is 12.7. The highest BCUT2D eigenvalue weighted by atomic mass is 32.1. The second-order valence-corrected chi connectivity index (χ2v) is 20.9. The molecule has 0 saturated carbocycles. The first-order chi connectivity index (χ1) is 26.0. The number of rotatable bonds is 4.